The van der Waals surface area contributed by atoms with Crippen molar-refractivity contribution < 1.29 is 8.42 Å². The molecule has 0 fully saturated rings. The molecule has 9 heteroatoms. The van der Waals surface area contributed by atoms with Gasteiger partial charge in [0, 0.05) is 19.3 Å². The molecule has 0 bridgehead atoms. The van der Waals surface area contributed by atoms with E-state index in [1.807, 2.05) is 39.8 Å². The van der Waals surface area contributed by atoms with E-state index >= 15 is 0 Å². The summed E-state index contributed by atoms with van der Waals surface area (Å²) in [4.78, 5) is 4.63. The molecular formula is C18H30Cl2IN3O2S. The zero-order valence-corrected chi connectivity index (χ0v) is 21.1. The molecule has 1 unspecified atom stereocenters. The van der Waals surface area contributed by atoms with Gasteiger partial charge in [-0.3, -0.25) is 4.99 Å². The average Bonchev–Trinajstić information content (AvgIpc) is 2.53. The van der Waals surface area contributed by atoms with Crippen LogP contribution >= 0.6 is 47.2 Å². The summed E-state index contributed by atoms with van der Waals surface area (Å²) in [6.07, 6.45) is 1.83. The van der Waals surface area contributed by atoms with Gasteiger partial charge in [0.25, 0.3) is 0 Å². The maximum absolute atomic E-state index is 11.4. The summed E-state index contributed by atoms with van der Waals surface area (Å²) in [5.74, 6) is 0.845. The minimum atomic E-state index is -2.97. The number of guanidine groups is 1. The molecule has 0 aliphatic carbocycles. The fourth-order valence-corrected chi connectivity index (χ4v) is 3.45. The Kier molecular flexibility index (Phi) is 11.6. The number of aliphatic imine (C=N–C) groups is 1. The van der Waals surface area contributed by atoms with Gasteiger partial charge in [-0.1, -0.05) is 43.1 Å². The summed E-state index contributed by atoms with van der Waals surface area (Å²) < 4.78 is 22.8. The normalized spacial score (nSPS) is 13.7. The molecule has 5 nitrogen and oxygen atoms in total. The molecule has 1 atom stereocenters. The molecule has 1 aromatic rings. The zero-order chi connectivity index (χ0) is 20.0. The highest BCUT2D eigenvalue weighted by atomic mass is 127. The van der Waals surface area contributed by atoms with E-state index in [0.29, 0.717) is 29.0 Å². The predicted molar refractivity (Wildman–Crippen MR) is 128 cm³/mol. The molecule has 27 heavy (non-hydrogen) atoms. The molecule has 0 saturated heterocycles. The Labute approximate surface area is 190 Å². The van der Waals surface area contributed by atoms with Crippen LogP contribution in [-0.2, 0) is 9.84 Å². The molecule has 0 amide bonds. The van der Waals surface area contributed by atoms with Crippen molar-refractivity contribution in [2.24, 2.45) is 10.4 Å². The van der Waals surface area contributed by atoms with E-state index in [4.69, 9.17) is 23.2 Å². The maximum atomic E-state index is 11.4. The summed E-state index contributed by atoms with van der Waals surface area (Å²) in [7, 11) is -2.97. The van der Waals surface area contributed by atoms with Gasteiger partial charge in [0.1, 0.15) is 9.84 Å². The highest BCUT2D eigenvalue weighted by molar-refractivity contribution is 14.0. The van der Waals surface area contributed by atoms with Crippen LogP contribution < -0.4 is 10.6 Å². The smallest absolute Gasteiger partial charge is 0.191 e. The molecule has 0 spiro atoms. The van der Waals surface area contributed by atoms with Gasteiger partial charge in [-0.05, 0) is 43.4 Å². The monoisotopic (exact) mass is 549 g/mol. The second-order valence-electron chi connectivity index (χ2n) is 7.28. The molecule has 0 aromatic heterocycles. The molecular weight excluding hydrogens is 520 g/mol. The van der Waals surface area contributed by atoms with Gasteiger partial charge in [0.15, 0.2) is 5.96 Å². The van der Waals surface area contributed by atoms with Gasteiger partial charge in [-0.15, -0.1) is 24.0 Å². The highest BCUT2D eigenvalue weighted by Crippen LogP contribution is 2.25. The van der Waals surface area contributed by atoms with Crippen molar-refractivity contribution in [2.45, 2.75) is 40.2 Å². The lowest BCUT2D eigenvalue weighted by Crippen LogP contribution is -2.39. The lowest BCUT2D eigenvalue weighted by atomic mass is 9.90. The summed E-state index contributed by atoms with van der Waals surface area (Å²) in [6, 6.07) is 5.52. The zero-order valence-electron chi connectivity index (χ0n) is 16.5. The lowest BCUT2D eigenvalue weighted by molar-refractivity contribution is 0.365. The Morgan fingerprint density at radius 3 is 2.41 bits per heavy atom. The van der Waals surface area contributed by atoms with Crippen LogP contribution in [0, 0.1) is 5.41 Å². The largest absolute Gasteiger partial charge is 0.357 e. The first kappa shape index (κ1) is 26.8. The summed E-state index contributed by atoms with van der Waals surface area (Å²) in [6.45, 7) is 9.30. The number of sulfone groups is 1. The van der Waals surface area contributed by atoms with Crippen LogP contribution in [0.1, 0.15) is 45.7 Å². The van der Waals surface area contributed by atoms with Crippen LogP contribution in [0.25, 0.3) is 0 Å². The third-order valence-electron chi connectivity index (χ3n) is 3.96. The van der Waals surface area contributed by atoms with Gasteiger partial charge >= 0.3 is 0 Å². The topological polar surface area (TPSA) is 70.6 Å². The van der Waals surface area contributed by atoms with Crippen LogP contribution in [-0.4, -0.2) is 39.5 Å². The van der Waals surface area contributed by atoms with Gasteiger partial charge in [-0.25, -0.2) is 8.42 Å². The first-order valence-corrected chi connectivity index (χ1v) is 11.4. The standard InChI is InChI=1S/C18H29Cl2N3O2S.HI/c1-6-21-17(22-12-18(3,4)9-10-26(5,24)25)23-13(2)14-7-8-15(19)16(20)11-14;/h7-8,11,13H,6,9-10,12H2,1-5H3,(H2,21,22,23);1H. The van der Waals surface area contributed by atoms with Crippen LogP contribution in [0.5, 0.6) is 0 Å². The summed E-state index contributed by atoms with van der Waals surface area (Å²) in [5, 5.41) is 7.60. The average molecular weight is 550 g/mol. The number of nitrogens with zero attached hydrogens (tertiary/aromatic N) is 1. The quantitative estimate of drug-likeness (QED) is 0.280. The van der Waals surface area contributed by atoms with E-state index in [1.165, 1.54) is 6.26 Å². The number of rotatable bonds is 8. The second kappa shape index (κ2) is 11.7. The highest BCUT2D eigenvalue weighted by Gasteiger charge is 2.20. The van der Waals surface area contributed by atoms with Crippen molar-refractivity contribution in [3.05, 3.63) is 33.8 Å². The van der Waals surface area contributed by atoms with Crippen LogP contribution in [0.15, 0.2) is 23.2 Å². The van der Waals surface area contributed by atoms with E-state index in [1.54, 1.807) is 6.07 Å². The number of nitrogens with one attached hydrogen (secondary N) is 2. The van der Waals surface area contributed by atoms with Crippen molar-refractivity contribution in [2.75, 3.05) is 25.1 Å². The molecule has 0 radical (unpaired) electrons. The third kappa shape index (κ3) is 10.8. The van der Waals surface area contributed by atoms with E-state index in [0.717, 1.165) is 12.1 Å². The summed E-state index contributed by atoms with van der Waals surface area (Å²) >= 11 is 12.1. The third-order valence-corrected chi connectivity index (χ3v) is 5.64. The van der Waals surface area contributed by atoms with E-state index < -0.39 is 9.84 Å². The molecule has 0 saturated carbocycles. The van der Waals surface area contributed by atoms with E-state index in [-0.39, 0.29) is 41.2 Å². The first-order chi connectivity index (χ1) is 11.9. The second-order valence-corrected chi connectivity index (χ2v) is 10.4. The van der Waals surface area contributed by atoms with Crippen LogP contribution in [0.4, 0.5) is 0 Å². The molecule has 0 heterocycles. The lowest BCUT2D eigenvalue weighted by Gasteiger charge is -2.24. The minimum absolute atomic E-state index is 0. The Hall–Kier alpha value is -0.250. The predicted octanol–water partition coefficient (Wildman–Crippen LogP) is 4.69. The van der Waals surface area contributed by atoms with Crippen molar-refractivity contribution in [3.63, 3.8) is 0 Å². The fourth-order valence-electron chi connectivity index (χ4n) is 2.22. The van der Waals surface area contributed by atoms with E-state index in [9.17, 15) is 8.42 Å². The number of hydrogen-bond donors (Lipinski definition) is 2. The van der Waals surface area contributed by atoms with Crippen molar-refractivity contribution in [1.82, 2.24) is 10.6 Å². The molecule has 2 N–H and O–H groups in total. The fraction of sp³-hybridized carbons (Fsp3) is 0.611. The Bertz CT molecular complexity index is 740. The molecule has 0 aliphatic rings. The molecule has 156 valence electrons. The van der Waals surface area contributed by atoms with Crippen LogP contribution in [0.3, 0.4) is 0 Å². The Morgan fingerprint density at radius 2 is 1.89 bits per heavy atom. The van der Waals surface area contributed by atoms with Gasteiger partial charge in [0.2, 0.25) is 0 Å². The van der Waals surface area contributed by atoms with Crippen molar-refractivity contribution in [1.29, 1.82) is 0 Å². The SMILES string of the molecule is CCNC(=NCC(C)(C)CCS(C)(=O)=O)NC(C)c1ccc(Cl)c(Cl)c1.I. The maximum Gasteiger partial charge on any atom is 0.191 e. The molecule has 1 rings (SSSR count). The van der Waals surface area contributed by atoms with E-state index in [2.05, 4.69) is 15.6 Å². The van der Waals surface area contributed by atoms with Crippen LogP contribution in [0.2, 0.25) is 10.0 Å². The number of hydrogen-bond acceptors (Lipinski definition) is 3. The number of benzene rings is 1. The first-order valence-electron chi connectivity index (χ1n) is 8.61. The van der Waals surface area contributed by atoms with Crippen molar-refractivity contribution in [3.8, 4) is 0 Å². The minimum Gasteiger partial charge on any atom is -0.357 e. The van der Waals surface area contributed by atoms with Gasteiger partial charge in [-0.2, -0.15) is 0 Å². The molecule has 0 aliphatic heterocycles. The van der Waals surface area contributed by atoms with Gasteiger partial charge in [0.05, 0.1) is 21.8 Å². The molecule has 1 aromatic carbocycles. The number of halogens is 3. The Balaban J connectivity index is 0.00000676. The van der Waals surface area contributed by atoms with Crippen molar-refractivity contribution >= 4 is 63.0 Å². The van der Waals surface area contributed by atoms with Gasteiger partial charge < -0.3 is 10.6 Å². The summed E-state index contributed by atoms with van der Waals surface area (Å²) in [5.41, 5.74) is 0.791. The Morgan fingerprint density at radius 1 is 1.26 bits per heavy atom.